The lowest BCUT2D eigenvalue weighted by Crippen LogP contribution is -2.49. The van der Waals surface area contributed by atoms with Gasteiger partial charge in [-0.2, -0.15) is 0 Å². The van der Waals surface area contributed by atoms with Crippen molar-refractivity contribution >= 4 is 22.7 Å². The van der Waals surface area contributed by atoms with Gasteiger partial charge in [-0.05, 0) is 113 Å². The van der Waals surface area contributed by atoms with E-state index in [1.807, 2.05) is 22.2 Å². The van der Waals surface area contributed by atoms with Crippen molar-refractivity contribution in [1.29, 1.82) is 0 Å². The Morgan fingerprint density at radius 3 is 2.52 bits per heavy atom. The Morgan fingerprint density at radius 1 is 1.05 bits per heavy atom. The number of fused-ring (bicyclic) bond motifs is 2. The van der Waals surface area contributed by atoms with Crippen molar-refractivity contribution in [2.75, 3.05) is 39.3 Å². The lowest BCUT2D eigenvalue weighted by Gasteiger charge is -2.36. The molecule has 1 N–H and O–H groups in total. The number of halogens is 1. The lowest BCUT2D eigenvalue weighted by atomic mass is 9.94. The molecule has 4 fully saturated rings. The number of hydrogen-bond donors (Lipinski definition) is 1. The first kappa shape index (κ1) is 29.4. The first-order valence-electron chi connectivity index (χ1n) is 16.4. The number of carbonyl (C=O) groups excluding carboxylic acids is 2. The van der Waals surface area contributed by atoms with Crippen molar-refractivity contribution in [1.82, 2.24) is 24.3 Å². The van der Waals surface area contributed by atoms with Crippen molar-refractivity contribution < 1.29 is 19.1 Å². The summed E-state index contributed by atoms with van der Waals surface area (Å²) in [7, 11) is 0. The van der Waals surface area contributed by atoms with Gasteiger partial charge in [0.25, 0.3) is 11.8 Å². The van der Waals surface area contributed by atoms with E-state index in [1.165, 1.54) is 23.1 Å². The number of aliphatic hydroxyl groups is 1. The highest BCUT2D eigenvalue weighted by Crippen LogP contribution is 2.45. The van der Waals surface area contributed by atoms with Gasteiger partial charge < -0.3 is 24.4 Å². The Hall–Kier alpha value is -3.30. The van der Waals surface area contributed by atoms with Crippen LogP contribution >= 0.6 is 0 Å². The number of nitrogens with zero attached hydrogens (tertiary/aromatic N) is 5. The van der Waals surface area contributed by atoms with Gasteiger partial charge in [-0.15, -0.1) is 0 Å². The third kappa shape index (κ3) is 5.53. The number of likely N-dealkylation sites (tertiary alicyclic amines) is 3. The average Bonchev–Trinajstić information content (AvgIpc) is 3.28. The quantitative estimate of drug-likeness (QED) is 0.429. The fraction of sp³-hybridized carbons (Fsp3) is 0.571. The summed E-state index contributed by atoms with van der Waals surface area (Å²) < 4.78 is 16.6. The molecule has 4 aliphatic rings. The van der Waals surface area contributed by atoms with E-state index < -0.39 is 11.4 Å². The third-order valence-corrected chi connectivity index (χ3v) is 10.5. The summed E-state index contributed by atoms with van der Waals surface area (Å²) in [4.78, 5) is 37.0. The second kappa shape index (κ2) is 11.2. The predicted molar refractivity (Wildman–Crippen MR) is 167 cm³/mol. The number of carbonyl (C=O) groups is 2. The molecule has 0 spiro atoms. The second-order valence-corrected chi connectivity index (χ2v) is 14.3. The fourth-order valence-corrected chi connectivity index (χ4v) is 8.11. The minimum atomic E-state index is -1.31. The molecule has 1 aromatic carbocycles. The zero-order valence-electron chi connectivity index (χ0n) is 26.1. The first-order chi connectivity index (χ1) is 21.1. The maximum atomic E-state index is 14.6. The van der Waals surface area contributed by atoms with Gasteiger partial charge in [-0.1, -0.05) is 0 Å². The van der Waals surface area contributed by atoms with Gasteiger partial charge in [0, 0.05) is 56.5 Å². The van der Waals surface area contributed by atoms with Gasteiger partial charge in [0.15, 0.2) is 0 Å². The lowest BCUT2D eigenvalue weighted by molar-refractivity contribution is -0.149. The van der Waals surface area contributed by atoms with Gasteiger partial charge >= 0.3 is 0 Å². The van der Waals surface area contributed by atoms with Crippen LogP contribution in [0.5, 0.6) is 0 Å². The highest BCUT2D eigenvalue weighted by Gasteiger charge is 2.49. The Morgan fingerprint density at radius 2 is 1.82 bits per heavy atom. The fourth-order valence-electron chi connectivity index (χ4n) is 8.11. The van der Waals surface area contributed by atoms with Gasteiger partial charge in [0.1, 0.15) is 11.4 Å². The van der Waals surface area contributed by atoms with E-state index >= 15 is 0 Å². The van der Waals surface area contributed by atoms with E-state index in [1.54, 1.807) is 19.9 Å². The van der Waals surface area contributed by atoms with Crippen LogP contribution in [0.15, 0.2) is 36.8 Å². The van der Waals surface area contributed by atoms with Crippen LogP contribution in [0, 0.1) is 30.5 Å². The number of pyridine rings is 1. The largest absolute Gasteiger partial charge is 0.381 e. The van der Waals surface area contributed by atoms with Crippen molar-refractivity contribution in [2.24, 2.45) is 17.8 Å². The first-order valence-corrected chi connectivity index (χ1v) is 16.4. The summed E-state index contributed by atoms with van der Waals surface area (Å²) in [5, 5.41) is 11.3. The van der Waals surface area contributed by atoms with Gasteiger partial charge in [0.05, 0.1) is 23.0 Å². The van der Waals surface area contributed by atoms with Crippen LogP contribution in [0.3, 0.4) is 0 Å². The van der Waals surface area contributed by atoms with E-state index in [2.05, 4.69) is 27.6 Å². The molecule has 0 radical (unpaired) electrons. The van der Waals surface area contributed by atoms with Crippen molar-refractivity contribution in [3.05, 3.63) is 59.3 Å². The van der Waals surface area contributed by atoms with E-state index in [0.717, 1.165) is 75.8 Å². The summed E-state index contributed by atoms with van der Waals surface area (Å²) >= 11 is 0. The zero-order valence-corrected chi connectivity index (χ0v) is 26.1. The minimum absolute atomic E-state index is 0.0739. The van der Waals surface area contributed by atoms with E-state index in [9.17, 15) is 19.1 Å². The second-order valence-electron chi connectivity index (χ2n) is 14.3. The number of aromatic nitrogens is 2. The Labute approximate surface area is 258 Å². The zero-order chi connectivity index (χ0) is 30.7. The number of hydrogen-bond acceptors (Lipinski definition) is 5. The molecule has 1 saturated carbocycles. The maximum absolute atomic E-state index is 14.6. The van der Waals surface area contributed by atoms with E-state index in [0.29, 0.717) is 48.1 Å². The summed E-state index contributed by atoms with van der Waals surface area (Å²) in [5.74, 6) is 1.05. The molecule has 2 aromatic heterocycles. The summed E-state index contributed by atoms with van der Waals surface area (Å²) in [6, 6.07) is 4.91. The number of aryl methyl sites for hydroxylation is 1. The van der Waals surface area contributed by atoms with E-state index in [4.69, 9.17) is 0 Å². The third-order valence-electron chi connectivity index (χ3n) is 10.5. The predicted octanol–water partition coefficient (Wildman–Crippen LogP) is 4.58. The van der Waals surface area contributed by atoms with Crippen LogP contribution in [0.25, 0.3) is 16.6 Å². The molecule has 3 aliphatic heterocycles. The molecule has 3 atom stereocenters. The number of piperidine rings is 2. The normalized spacial score (nSPS) is 24.3. The molecule has 7 rings (SSSR count). The minimum Gasteiger partial charge on any atom is -0.381 e. The molecule has 234 valence electrons. The van der Waals surface area contributed by atoms with E-state index in [-0.39, 0.29) is 11.8 Å². The molecule has 9 heteroatoms. The molecule has 3 aromatic rings. The van der Waals surface area contributed by atoms with Gasteiger partial charge in [-0.3, -0.25) is 14.6 Å². The van der Waals surface area contributed by atoms with Gasteiger partial charge in [0.2, 0.25) is 0 Å². The number of amides is 2. The topological polar surface area (TPSA) is 81.9 Å². The van der Waals surface area contributed by atoms with Crippen LogP contribution in [0.1, 0.15) is 67.4 Å². The number of rotatable bonds is 7. The average molecular weight is 602 g/mol. The molecule has 44 heavy (non-hydrogen) atoms. The SMILES string of the molecule is Cc1cncc2c1c(C[C@@H]1CCN(CC3CCN(C(=O)C(C)(C)O)CC3)C1)cn2-c1ccc(F)cc1C(=O)N1CCC2CC21. The Balaban J connectivity index is 1.07. The molecule has 0 bridgehead atoms. The summed E-state index contributed by atoms with van der Waals surface area (Å²) in [6.45, 7) is 10.6. The molecular weight excluding hydrogens is 557 g/mol. The molecular formula is C35H44FN5O3. The van der Waals surface area contributed by atoms with Gasteiger partial charge in [-0.25, -0.2) is 4.39 Å². The highest BCUT2D eigenvalue weighted by molar-refractivity contribution is 5.99. The standard InChI is InChI=1S/C35H44FN5O3/c1-22-17-37-18-31-32(22)26(14-24-6-10-38(20-24)19-23-7-11-39(12-8-23)34(43)35(2,3)44)21-41(31)29-5-4-27(36)16-28(29)33(42)40-13-9-25-15-30(25)40/h4-5,16-18,21,23-25,30,44H,6-15,19-20H2,1-3H3/t24-,25?,30?/m0/s1. The maximum Gasteiger partial charge on any atom is 0.256 e. The molecule has 3 saturated heterocycles. The van der Waals surface area contributed by atoms with Crippen LogP contribution in [-0.4, -0.2) is 92.1 Å². The molecule has 2 amide bonds. The molecule has 2 unspecified atom stereocenters. The Bertz CT molecular complexity index is 1590. The molecule has 5 heterocycles. The molecule has 1 aliphatic carbocycles. The smallest absolute Gasteiger partial charge is 0.256 e. The monoisotopic (exact) mass is 601 g/mol. The summed E-state index contributed by atoms with van der Waals surface area (Å²) in [5.41, 5.74) is 3.13. The van der Waals surface area contributed by atoms with Crippen molar-refractivity contribution in [2.45, 2.75) is 70.9 Å². The summed E-state index contributed by atoms with van der Waals surface area (Å²) in [6.07, 6.45) is 12.0. The van der Waals surface area contributed by atoms with Crippen LogP contribution in [0.2, 0.25) is 0 Å². The van der Waals surface area contributed by atoms with Crippen molar-refractivity contribution in [3.8, 4) is 5.69 Å². The molecule has 8 nitrogen and oxygen atoms in total. The van der Waals surface area contributed by atoms with Crippen LogP contribution < -0.4 is 0 Å². The van der Waals surface area contributed by atoms with Crippen LogP contribution in [-0.2, 0) is 11.2 Å². The highest BCUT2D eigenvalue weighted by atomic mass is 19.1. The Kier molecular flexibility index (Phi) is 7.52. The number of benzene rings is 1. The van der Waals surface area contributed by atoms with Crippen molar-refractivity contribution in [3.63, 3.8) is 0 Å². The van der Waals surface area contributed by atoms with Crippen LogP contribution in [0.4, 0.5) is 4.39 Å².